The lowest BCUT2D eigenvalue weighted by molar-refractivity contribution is 0.0572. The normalized spacial score (nSPS) is 13.6. The molecule has 0 saturated carbocycles. The third-order valence-electron chi connectivity index (χ3n) is 2.00. The van der Waals surface area contributed by atoms with Crippen molar-refractivity contribution >= 4 is 11.6 Å². The first kappa shape index (κ1) is 13.2. The van der Waals surface area contributed by atoms with E-state index in [1.54, 1.807) is 7.11 Å². The molecule has 0 saturated heterocycles. The molecule has 1 unspecified atom stereocenters. The van der Waals surface area contributed by atoms with Gasteiger partial charge in [0.15, 0.2) is 0 Å². The molecule has 1 atom stereocenters. The Kier molecular flexibility index (Phi) is 8.87. The fourth-order valence-corrected chi connectivity index (χ4v) is 1.03. The van der Waals surface area contributed by atoms with Crippen molar-refractivity contribution in [2.24, 2.45) is 0 Å². The molecule has 0 rings (SSSR count). The van der Waals surface area contributed by atoms with E-state index in [-0.39, 0.29) is 0 Å². The zero-order valence-electron chi connectivity index (χ0n) is 8.75. The second-order valence-electron chi connectivity index (χ2n) is 3.09. The summed E-state index contributed by atoms with van der Waals surface area (Å²) in [6, 6.07) is 0.410. The van der Waals surface area contributed by atoms with Gasteiger partial charge in [-0.2, -0.15) is 0 Å². The van der Waals surface area contributed by atoms with Crippen LogP contribution >= 0.6 is 11.6 Å². The van der Waals surface area contributed by atoms with Crippen LogP contribution in [0.1, 0.15) is 6.92 Å². The Hall–Kier alpha value is 0.170. The number of hydrogen-bond donors (Lipinski definition) is 0. The first-order valence-electron chi connectivity index (χ1n) is 4.55. The highest BCUT2D eigenvalue weighted by Gasteiger charge is 2.06. The van der Waals surface area contributed by atoms with Crippen LogP contribution in [-0.4, -0.2) is 57.3 Å². The van der Waals surface area contributed by atoms with Gasteiger partial charge in [-0.3, -0.25) is 0 Å². The first-order chi connectivity index (χ1) is 6.22. The number of methoxy groups -OCH3 is 1. The van der Waals surface area contributed by atoms with E-state index in [4.69, 9.17) is 21.1 Å². The molecule has 0 fully saturated rings. The van der Waals surface area contributed by atoms with Gasteiger partial charge in [-0.05, 0) is 14.0 Å². The molecule has 0 aliphatic rings. The molecule has 0 aromatic carbocycles. The summed E-state index contributed by atoms with van der Waals surface area (Å²) >= 11 is 5.71. The number of likely N-dealkylation sites (N-methyl/N-ethyl adjacent to an activating group) is 1. The van der Waals surface area contributed by atoms with Gasteiger partial charge in [0.2, 0.25) is 0 Å². The molecule has 0 radical (unpaired) electrons. The average molecular weight is 210 g/mol. The van der Waals surface area contributed by atoms with Gasteiger partial charge in [-0.1, -0.05) is 0 Å². The molecule has 0 N–H and O–H groups in total. The van der Waals surface area contributed by atoms with Crippen molar-refractivity contribution in [2.45, 2.75) is 13.0 Å². The lowest BCUT2D eigenvalue weighted by Crippen LogP contribution is -2.33. The first-order valence-corrected chi connectivity index (χ1v) is 5.08. The predicted octanol–water partition coefficient (Wildman–Crippen LogP) is 1.21. The second kappa shape index (κ2) is 8.75. The maximum atomic E-state index is 5.71. The Morgan fingerprint density at radius 3 is 2.54 bits per heavy atom. The highest BCUT2D eigenvalue weighted by molar-refractivity contribution is 6.18. The minimum absolute atomic E-state index is 0.410. The summed E-state index contributed by atoms with van der Waals surface area (Å²) in [5.74, 6) is 0.661. The lowest BCUT2D eigenvalue weighted by Gasteiger charge is -2.22. The SMILES string of the molecule is COCCOCCN(C)C(C)CCl. The molecule has 0 aliphatic heterocycles. The highest BCUT2D eigenvalue weighted by Crippen LogP contribution is 1.96. The van der Waals surface area contributed by atoms with Crippen LogP contribution in [0.3, 0.4) is 0 Å². The van der Waals surface area contributed by atoms with E-state index in [0.29, 0.717) is 25.1 Å². The fraction of sp³-hybridized carbons (Fsp3) is 1.00. The molecule has 0 aromatic heterocycles. The Balaban J connectivity index is 3.21. The smallest absolute Gasteiger partial charge is 0.0700 e. The van der Waals surface area contributed by atoms with E-state index in [0.717, 1.165) is 13.2 Å². The number of ether oxygens (including phenoxy) is 2. The van der Waals surface area contributed by atoms with Crippen LogP contribution in [0.5, 0.6) is 0 Å². The Bertz CT molecular complexity index is 114. The van der Waals surface area contributed by atoms with Crippen molar-refractivity contribution in [3.8, 4) is 0 Å². The third kappa shape index (κ3) is 7.26. The van der Waals surface area contributed by atoms with Gasteiger partial charge < -0.3 is 14.4 Å². The minimum Gasteiger partial charge on any atom is -0.382 e. The van der Waals surface area contributed by atoms with Crippen molar-refractivity contribution < 1.29 is 9.47 Å². The largest absolute Gasteiger partial charge is 0.382 e. The summed E-state index contributed by atoms with van der Waals surface area (Å²) in [6.07, 6.45) is 0. The summed E-state index contributed by atoms with van der Waals surface area (Å²) in [4.78, 5) is 2.18. The van der Waals surface area contributed by atoms with E-state index < -0.39 is 0 Å². The summed E-state index contributed by atoms with van der Waals surface area (Å²) < 4.78 is 10.2. The Morgan fingerprint density at radius 2 is 2.00 bits per heavy atom. The number of alkyl halides is 1. The molecule has 0 amide bonds. The molecule has 13 heavy (non-hydrogen) atoms. The van der Waals surface area contributed by atoms with E-state index in [1.807, 2.05) is 7.05 Å². The fourth-order valence-electron chi connectivity index (χ4n) is 0.791. The quantitative estimate of drug-likeness (QED) is 0.443. The van der Waals surface area contributed by atoms with Crippen LogP contribution in [0.25, 0.3) is 0 Å². The summed E-state index contributed by atoms with van der Waals surface area (Å²) in [5, 5.41) is 0. The van der Waals surface area contributed by atoms with Gasteiger partial charge in [0.05, 0.1) is 19.8 Å². The van der Waals surface area contributed by atoms with Crippen molar-refractivity contribution in [1.82, 2.24) is 4.90 Å². The van der Waals surface area contributed by atoms with Crippen LogP contribution in [-0.2, 0) is 9.47 Å². The standard InChI is InChI=1S/C9H20ClNO2/c1-9(8-10)11(2)4-5-13-7-6-12-3/h9H,4-8H2,1-3H3. The van der Waals surface area contributed by atoms with Crippen molar-refractivity contribution in [1.29, 1.82) is 0 Å². The van der Waals surface area contributed by atoms with Crippen LogP contribution in [0.4, 0.5) is 0 Å². The third-order valence-corrected chi connectivity index (χ3v) is 2.44. The number of nitrogens with zero attached hydrogens (tertiary/aromatic N) is 1. The van der Waals surface area contributed by atoms with Crippen LogP contribution < -0.4 is 0 Å². The van der Waals surface area contributed by atoms with Crippen LogP contribution in [0.2, 0.25) is 0 Å². The Morgan fingerprint density at radius 1 is 1.31 bits per heavy atom. The molecule has 0 aromatic rings. The van der Waals surface area contributed by atoms with Crippen molar-refractivity contribution in [2.75, 3.05) is 46.4 Å². The zero-order chi connectivity index (χ0) is 10.1. The monoisotopic (exact) mass is 209 g/mol. The molecule has 80 valence electrons. The minimum atomic E-state index is 0.410. The molecule has 0 heterocycles. The molecular formula is C9H20ClNO2. The topological polar surface area (TPSA) is 21.7 Å². The molecule has 4 heteroatoms. The summed E-state index contributed by atoms with van der Waals surface area (Å²) in [7, 11) is 3.72. The predicted molar refractivity (Wildman–Crippen MR) is 55.5 cm³/mol. The molecule has 0 spiro atoms. The van der Waals surface area contributed by atoms with Gasteiger partial charge in [0, 0.05) is 25.6 Å². The van der Waals surface area contributed by atoms with Crippen molar-refractivity contribution in [3.05, 3.63) is 0 Å². The molecule has 0 aliphatic carbocycles. The highest BCUT2D eigenvalue weighted by atomic mass is 35.5. The Labute approximate surface area is 85.9 Å². The van der Waals surface area contributed by atoms with E-state index in [9.17, 15) is 0 Å². The molecule has 0 bridgehead atoms. The van der Waals surface area contributed by atoms with E-state index in [2.05, 4.69) is 11.8 Å². The van der Waals surface area contributed by atoms with Crippen LogP contribution in [0.15, 0.2) is 0 Å². The molecule has 3 nitrogen and oxygen atoms in total. The number of hydrogen-bond acceptors (Lipinski definition) is 3. The average Bonchev–Trinajstić information content (AvgIpc) is 2.16. The van der Waals surface area contributed by atoms with Gasteiger partial charge in [-0.15, -0.1) is 11.6 Å². The lowest BCUT2D eigenvalue weighted by atomic mass is 10.3. The van der Waals surface area contributed by atoms with Gasteiger partial charge in [0.1, 0.15) is 0 Å². The summed E-state index contributed by atoms with van der Waals surface area (Å²) in [6.45, 7) is 5.08. The van der Waals surface area contributed by atoms with E-state index in [1.165, 1.54) is 0 Å². The van der Waals surface area contributed by atoms with Gasteiger partial charge in [0.25, 0.3) is 0 Å². The molecular weight excluding hydrogens is 190 g/mol. The second-order valence-corrected chi connectivity index (χ2v) is 3.40. The number of rotatable bonds is 8. The van der Waals surface area contributed by atoms with Gasteiger partial charge >= 0.3 is 0 Å². The van der Waals surface area contributed by atoms with E-state index >= 15 is 0 Å². The maximum absolute atomic E-state index is 5.71. The maximum Gasteiger partial charge on any atom is 0.0700 e. The zero-order valence-corrected chi connectivity index (χ0v) is 9.51. The van der Waals surface area contributed by atoms with Crippen LogP contribution in [0, 0.1) is 0 Å². The summed E-state index contributed by atoms with van der Waals surface area (Å²) in [5.41, 5.74) is 0. The van der Waals surface area contributed by atoms with Crippen molar-refractivity contribution in [3.63, 3.8) is 0 Å². The van der Waals surface area contributed by atoms with Gasteiger partial charge in [-0.25, -0.2) is 0 Å². The number of halogens is 1.